The van der Waals surface area contributed by atoms with Crippen molar-refractivity contribution in [3.63, 3.8) is 0 Å². The van der Waals surface area contributed by atoms with Gasteiger partial charge in [0.05, 0.1) is 30.3 Å². The number of fused-ring (bicyclic) bond motifs is 1. The van der Waals surface area contributed by atoms with E-state index in [4.69, 9.17) is 18.9 Å². The Morgan fingerprint density at radius 1 is 1.41 bits per heavy atom. The third-order valence-electron chi connectivity index (χ3n) is 7.33. The van der Waals surface area contributed by atoms with E-state index in [2.05, 4.69) is 20.4 Å². The molecule has 2 heterocycles. The summed E-state index contributed by atoms with van der Waals surface area (Å²) < 4.78 is 23.5. The number of rotatable bonds is 4. The van der Waals surface area contributed by atoms with Crippen molar-refractivity contribution in [1.29, 1.82) is 0 Å². The highest BCUT2D eigenvalue weighted by atomic mass is 16.7. The number of carbonyl (C=O) groups is 2. The number of esters is 2. The molecular formula is C20H26O7. The van der Waals surface area contributed by atoms with Gasteiger partial charge in [0.2, 0.25) is 5.79 Å². The molecule has 6 atom stereocenters. The molecule has 1 N–H and O–H groups in total. The summed E-state index contributed by atoms with van der Waals surface area (Å²) in [6, 6.07) is 0. The SMILES string of the molecule is C=C(CO)C(=O)O[C@@H]1C2=C(C)C(=O)O[C@@]2(OC)C[C@@]23O[C@@H]2CC[C@H](C)[C@@]13C. The third kappa shape index (κ3) is 2.13. The topological polar surface area (TPSA) is 94.6 Å². The van der Waals surface area contributed by atoms with Gasteiger partial charge >= 0.3 is 11.9 Å². The van der Waals surface area contributed by atoms with Crippen molar-refractivity contribution in [2.75, 3.05) is 13.7 Å². The molecule has 2 saturated carbocycles. The van der Waals surface area contributed by atoms with Crippen molar-refractivity contribution in [1.82, 2.24) is 0 Å². The molecule has 7 nitrogen and oxygen atoms in total. The summed E-state index contributed by atoms with van der Waals surface area (Å²) in [6.07, 6.45) is 1.48. The minimum atomic E-state index is -1.29. The fourth-order valence-corrected chi connectivity index (χ4v) is 5.44. The highest BCUT2D eigenvalue weighted by Crippen LogP contribution is 2.71. The molecule has 4 aliphatic rings. The largest absolute Gasteiger partial charge is 0.453 e. The van der Waals surface area contributed by atoms with E-state index in [0.717, 1.165) is 12.8 Å². The number of aliphatic hydroxyl groups is 1. The molecule has 0 radical (unpaired) electrons. The summed E-state index contributed by atoms with van der Waals surface area (Å²) in [5, 5.41) is 9.28. The van der Waals surface area contributed by atoms with Gasteiger partial charge in [0.1, 0.15) is 11.7 Å². The number of hydrogen-bond donors (Lipinski definition) is 1. The predicted octanol–water partition coefficient (Wildman–Crippen LogP) is 1.64. The van der Waals surface area contributed by atoms with E-state index < -0.39 is 41.5 Å². The molecular weight excluding hydrogens is 352 g/mol. The van der Waals surface area contributed by atoms with Crippen LogP contribution in [-0.4, -0.2) is 54.4 Å². The van der Waals surface area contributed by atoms with Crippen LogP contribution in [0.2, 0.25) is 0 Å². The zero-order valence-electron chi connectivity index (χ0n) is 16.2. The third-order valence-corrected chi connectivity index (χ3v) is 7.33. The average Bonchev–Trinajstić information content (AvgIpc) is 3.30. The van der Waals surface area contributed by atoms with Gasteiger partial charge in [-0.25, -0.2) is 9.59 Å². The van der Waals surface area contributed by atoms with E-state index in [0.29, 0.717) is 17.6 Å². The lowest BCUT2D eigenvalue weighted by Gasteiger charge is -2.55. The second-order valence-electron chi connectivity index (χ2n) is 8.37. The summed E-state index contributed by atoms with van der Waals surface area (Å²) in [4.78, 5) is 25.0. The minimum absolute atomic E-state index is 0.0223. The Kier molecular flexibility index (Phi) is 3.91. The van der Waals surface area contributed by atoms with Crippen LogP contribution in [0.5, 0.6) is 0 Å². The maximum absolute atomic E-state index is 12.5. The summed E-state index contributed by atoms with van der Waals surface area (Å²) >= 11 is 0. The van der Waals surface area contributed by atoms with Crippen molar-refractivity contribution in [3.05, 3.63) is 23.3 Å². The second-order valence-corrected chi connectivity index (χ2v) is 8.37. The lowest BCUT2D eigenvalue weighted by atomic mass is 9.51. The molecule has 1 spiro atoms. The van der Waals surface area contributed by atoms with Crippen LogP contribution in [0, 0.1) is 11.3 Å². The molecule has 0 unspecified atom stereocenters. The maximum atomic E-state index is 12.5. The molecule has 148 valence electrons. The van der Waals surface area contributed by atoms with Gasteiger partial charge in [0, 0.05) is 18.1 Å². The Balaban J connectivity index is 1.87. The van der Waals surface area contributed by atoms with Crippen LogP contribution in [0.1, 0.15) is 40.0 Å². The van der Waals surface area contributed by atoms with Crippen LogP contribution in [0.25, 0.3) is 0 Å². The lowest BCUT2D eigenvalue weighted by Crippen LogP contribution is -2.65. The molecule has 0 bridgehead atoms. The van der Waals surface area contributed by atoms with Gasteiger partial charge in [-0.05, 0) is 25.7 Å². The molecule has 0 aromatic carbocycles. The van der Waals surface area contributed by atoms with Crippen LogP contribution in [0.4, 0.5) is 0 Å². The van der Waals surface area contributed by atoms with E-state index in [1.54, 1.807) is 6.92 Å². The lowest BCUT2D eigenvalue weighted by molar-refractivity contribution is -0.236. The predicted molar refractivity (Wildman–Crippen MR) is 93.4 cm³/mol. The molecule has 0 aromatic rings. The zero-order chi connectivity index (χ0) is 19.8. The Morgan fingerprint density at radius 3 is 2.74 bits per heavy atom. The normalized spacial score (nSPS) is 44.8. The van der Waals surface area contributed by atoms with Gasteiger partial charge in [-0.2, -0.15) is 0 Å². The van der Waals surface area contributed by atoms with Gasteiger partial charge in [0.25, 0.3) is 0 Å². The molecule has 4 rings (SSSR count). The Morgan fingerprint density at radius 2 is 2.11 bits per heavy atom. The van der Waals surface area contributed by atoms with E-state index in [-0.39, 0.29) is 17.6 Å². The Labute approximate surface area is 158 Å². The van der Waals surface area contributed by atoms with Crippen molar-refractivity contribution >= 4 is 11.9 Å². The van der Waals surface area contributed by atoms with Crippen LogP contribution in [0.3, 0.4) is 0 Å². The summed E-state index contributed by atoms with van der Waals surface area (Å²) in [7, 11) is 1.49. The first-order valence-electron chi connectivity index (χ1n) is 9.34. The van der Waals surface area contributed by atoms with Crippen molar-refractivity contribution in [2.45, 2.75) is 63.6 Å². The van der Waals surface area contributed by atoms with Gasteiger partial charge in [-0.15, -0.1) is 0 Å². The first kappa shape index (κ1) is 18.7. The quantitative estimate of drug-likeness (QED) is 0.451. The van der Waals surface area contributed by atoms with Crippen LogP contribution >= 0.6 is 0 Å². The molecule has 0 aromatic heterocycles. The van der Waals surface area contributed by atoms with Crippen LogP contribution in [-0.2, 0) is 28.5 Å². The number of ether oxygens (including phenoxy) is 4. The van der Waals surface area contributed by atoms with E-state index >= 15 is 0 Å². The maximum Gasteiger partial charge on any atom is 0.336 e. The average molecular weight is 378 g/mol. The monoisotopic (exact) mass is 378 g/mol. The summed E-state index contributed by atoms with van der Waals surface area (Å²) in [6.45, 7) is 8.91. The van der Waals surface area contributed by atoms with Crippen molar-refractivity contribution in [2.24, 2.45) is 11.3 Å². The van der Waals surface area contributed by atoms with Gasteiger partial charge < -0.3 is 24.1 Å². The minimum Gasteiger partial charge on any atom is -0.453 e. The van der Waals surface area contributed by atoms with Gasteiger partial charge in [-0.3, -0.25) is 0 Å². The highest BCUT2D eigenvalue weighted by molar-refractivity contribution is 5.93. The molecule has 3 fully saturated rings. The van der Waals surface area contributed by atoms with E-state index in [1.807, 2.05) is 0 Å². The number of methoxy groups -OCH3 is 1. The molecule has 0 amide bonds. The van der Waals surface area contributed by atoms with Crippen molar-refractivity contribution in [3.8, 4) is 0 Å². The molecule has 1 saturated heterocycles. The second kappa shape index (κ2) is 5.65. The highest BCUT2D eigenvalue weighted by Gasteiger charge is 2.81. The fraction of sp³-hybridized carbons (Fsp3) is 0.700. The number of epoxide rings is 1. The van der Waals surface area contributed by atoms with Crippen LogP contribution in [0.15, 0.2) is 23.3 Å². The molecule has 2 aliphatic carbocycles. The number of hydrogen-bond acceptors (Lipinski definition) is 7. The fourth-order valence-electron chi connectivity index (χ4n) is 5.44. The van der Waals surface area contributed by atoms with E-state index in [1.165, 1.54) is 7.11 Å². The Hall–Kier alpha value is -1.70. The number of carbonyl (C=O) groups excluding carboxylic acids is 2. The smallest absolute Gasteiger partial charge is 0.336 e. The van der Waals surface area contributed by atoms with Crippen LogP contribution < -0.4 is 0 Å². The first-order valence-corrected chi connectivity index (χ1v) is 9.34. The van der Waals surface area contributed by atoms with Crippen molar-refractivity contribution < 1.29 is 33.6 Å². The number of aliphatic hydroxyl groups excluding tert-OH is 1. The molecule has 7 heteroatoms. The standard InChI is InChI=1S/C20H26O7/c1-10(8-21)16(22)25-15-14-12(3)17(23)27-20(14,24-5)9-19-13(26-19)7-6-11(2)18(15,19)4/h11,13,15,21H,1,6-9H2,2-5H3/t11-,13+,15+,18-,19+,20-/m0/s1. The zero-order valence-corrected chi connectivity index (χ0v) is 16.2. The summed E-state index contributed by atoms with van der Waals surface area (Å²) in [5.74, 6) is -2.28. The summed E-state index contributed by atoms with van der Waals surface area (Å²) in [5.41, 5.74) is -0.226. The first-order chi connectivity index (χ1) is 12.7. The Bertz CT molecular complexity index is 770. The molecule has 27 heavy (non-hydrogen) atoms. The van der Waals surface area contributed by atoms with Gasteiger partial charge in [0.15, 0.2) is 0 Å². The van der Waals surface area contributed by atoms with Gasteiger partial charge in [-0.1, -0.05) is 20.4 Å². The molecule has 2 aliphatic heterocycles. The van der Waals surface area contributed by atoms with E-state index in [9.17, 15) is 14.7 Å².